The minimum absolute atomic E-state index is 0.615. The molecule has 0 N–H and O–H groups in total. The van der Waals surface area contributed by atoms with Crippen molar-refractivity contribution in [2.24, 2.45) is 0 Å². The quantitative estimate of drug-likeness (QED) is 0.595. The lowest BCUT2D eigenvalue weighted by molar-refractivity contribution is 0.490. The molecule has 0 bridgehead atoms. The third-order valence-corrected chi connectivity index (χ3v) is 4.88. The van der Waals surface area contributed by atoms with E-state index in [2.05, 4.69) is 53.2 Å². The molecule has 2 aromatic carbocycles. The summed E-state index contributed by atoms with van der Waals surface area (Å²) in [5.41, 5.74) is 4.31. The first-order valence-electron chi connectivity index (χ1n) is 7.63. The second kappa shape index (κ2) is 5.23. The molecule has 0 saturated heterocycles. The Morgan fingerprint density at radius 2 is 2.00 bits per heavy atom. The smallest absolute Gasteiger partial charge is 0.0495 e. The molecule has 1 unspecified atom stereocenters. The molecule has 0 fully saturated rings. The number of fused-ring (bicyclic) bond motifs is 2. The van der Waals surface area contributed by atoms with E-state index in [-0.39, 0.29) is 0 Å². The van der Waals surface area contributed by atoms with Gasteiger partial charge < -0.3 is 4.57 Å². The van der Waals surface area contributed by atoms with Crippen LogP contribution in [0.2, 0.25) is 5.02 Å². The molecular formula is C19H18ClN. The molecular weight excluding hydrogens is 278 g/mol. The Balaban J connectivity index is 1.71. The van der Waals surface area contributed by atoms with Crippen LogP contribution in [0.3, 0.4) is 0 Å². The van der Waals surface area contributed by atoms with E-state index < -0.39 is 0 Å². The summed E-state index contributed by atoms with van der Waals surface area (Å²) in [6.45, 7) is 1.04. The van der Waals surface area contributed by atoms with Crippen molar-refractivity contribution in [2.45, 2.75) is 31.7 Å². The molecule has 21 heavy (non-hydrogen) atoms. The maximum atomic E-state index is 6.16. The number of aromatic nitrogens is 1. The molecule has 0 aliphatic heterocycles. The Morgan fingerprint density at radius 3 is 2.95 bits per heavy atom. The lowest BCUT2D eigenvalue weighted by Crippen LogP contribution is -2.15. The Bertz CT molecular complexity index is 787. The molecule has 0 saturated carbocycles. The molecule has 2 heteroatoms. The molecule has 1 nitrogen and oxygen atoms in total. The van der Waals surface area contributed by atoms with E-state index in [1.54, 1.807) is 0 Å². The number of benzene rings is 2. The SMILES string of the molecule is Clc1ccc2ccn(CC3CCCc4ccccc43)c2c1. The lowest BCUT2D eigenvalue weighted by atomic mass is 9.83. The maximum absolute atomic E-state index is 6.16. The van der Waals surface area contributed by atoms with Crippen LogP contribution in [-0.4, -0.2) is 4.57 Å². The first kappa shape index (κ1) is 13.0. The molecule has 1 aliphatic carbocycles. The highest BCUT2D eigenvalue weighted by Crippen LogP contribution is 2.33. The number of rotatable bonds is 2. The summed E-state index contributed by atoms with van der Waals surface area (Å²) in [6, 6.07) is 17.2. The van der Waals surface area contributed by atoms with Crippen molar-refractivity contribution in [1.82, 2.24) is 4.57 Å². The van der Waals surface area contributed by atoms with Gasteiger partial charge in [-0.15, -0.1) is 0 Å². The van der Waals surface area contributed by atoms with E-state index in [4.69, 9.17) is 11.6 Å². The predicted octanol–water partition coefficient (Wildman–Crippen LogP) is 5.41. The van der Waals surface area contributed by atoms with Crippen LogP contribution < -0.4 is 0 Å². The minimum atomic E-state index is 0.615. The van der Waals surface area contributed by atoms with Gasteiger partial charge in [0.25, 0.3) is 0 Å². The molecule has 106 valence electrons. The number of nitrogens with zero attached hydrogens (tertiary/aromatic N) is 1. The summed E-state index contributed by atoms with van der Waals surface area (Å²) in [6.07, 6.45) is 5.99. The Hall–Kier alpha value is -1.73. The van der Waals surface area contributed by atoms with Crippen molar-refractivity contribution in [3.8, 4) is 0 Å². The van der Waals surface area contributed by atoms with E-state index in [0.717, 1.165) is 11.6 Å². The van der Waals surface area contributed by atoms with Crippen molar-refractivity contribution in [1.29, 1.82) is 0 Å². The number of hydrogen-bond donors (Lipinski definition) is 0. The van der Waals surface area contributed by atoms with Crippen molar-refractivity contribution < 1.29 is 0 Å². The fourth-order valence-corrected chi connectivity index (χ4v) is 3.76. The van der Waals surface area contributed by atoms with Gasteiger partial charge in [0.1, 0.15) is 0 Å². The van der Waals surface area contributed by atoms with Crippen LogP contribution in [0, 0.1) is 0 Å². The topological polar surface area (TPSA) is 4.93 Å². The van der Waals surface area contributed by atoms with E-state index in [1.807, 2.05) is 6.07 Å². The van der Waals surface area contributed by atoms with Crippen LogP contribution >= 0.6 is 11.6 Å². The van der Waals surface area contributed by atoms with Gasteiger partial charge in [-0.1, -0.05) is 41.9 Å². The van der Waals surface area contributed by atoms with Crippen molar-refractivity contribution in [3.05, 3.63) is 70.9 Å². The van der Waals surface area contributed by atoms with Gasteiger partial charge >= 0.3 is 0 Å². The molecule has 0 radical (unpaired) electrons. The number of aryl methyl sites for hydroxylation is 1. The van der Waals surface area contributed by atoms with Crippen molar-refractivity contribution >= 4 is 22.5 Å². The molecule has 3 aromatic rings. The van der Waals surface area contributed by atoms with E-state index in [9.17, 15) is 0 Å². The summed E-state index contributed by atoms with van der Waals surface area (Å²) in [4.78, 5) is 0. The van der Waals surface area contributed by atoms with Gasteiger partial charge in [-0.3, -0.25) is 0 Å². The first-order chi connectivity index (χ1) is 10.3. The van der Waals surface area contributed by atoms with Crippen molar-refractivity contribution in [3.63, 3.8) is 0 Å². The highest BCUT2D eigenvalue weighted by Gasteiger charge is 2.20. The van der Waals surface area contributed by atoms with Crippen LogP contribution in [0.5, 0.6) is 0 Å². The molecule has 0 amide bonds. The molecule has 0 spiro atoms. The summed E-state index contributed by atoms with van der Waals surface area (Å²) in [5, 5.41) is 2.08. The second-order valence-electron chi connectivity index (χ2n) is 5.96. The van der Waals surface area contributed by atoms with E-state index in [1.165, 1.54) is 41.3 Å². The van der Waals surface area contributed by atoms with E-state index >= 15 is 0 Å². The number of hydrogen-bond acceptors (Lipinski definition) is 0. The normalized spacial score (nSPS) is 17.9. The second-order valence-corrected chi connectivity index (χ2v) is 6.40. The third kappa shape index (κ3) is 2.36. The zero-order valence-electron chi connectivity index (χ0n) is 11.9. The lowest BCUT2D eigenvalue weighted by Gasteiger charge is -2.26. The van der Waals surface area contributed by atoms with Gasteiger partial charge in [-0.2, -0.15) is 0 Å². The van der Waals surface area contributed by atoms with Crippen LogP contribution in [-0.2, 0) is 13.0 Å². The third-order valence-electron chi connectivity index (χ3n) is 4.65. The fraction of sp³-hybridized carbons (Fsp3) is 0.263. The average Bonchev–Trinajstić information content (AvgIpc) is 2.90. The predicted molar refractivity (Wildman–Crippen MR) is 89.1 cm³/mol. The van der Waals surface area contributed by atoms with Crippen LogP contribution in [0.15, 0.2) is 54.7 Å². The van der Waals surface area contributed by atoms with Crippen LogP contribution in [0.1, 0.15) is 29.9 Å². The number of halogens is 1. The summed E-state index contributed by atoms with van der Waals surface area (Å²) < 4.78 is 2.36. The van der Waals surface area contributed by atoms with Gasteiger partial charge in [0.05, 0.1) is 0 Å². The van der Waals surface area contributed by atoms with Gasteiger partial charge in [0.15, 0.2) is 0 Å². The van der Waals surface area contributed by atoms with Gasteiger partial charge in [0, 0.05) is 29.2 Å². The molecule has 1 aromatic heterocycles. The molecule has 1 atom stereocenters. The zero-order chi connectivity index (χ0) is 14.2. The summed E-state index contributed by atoms with van der Waals surface area (Å²) in [5.74, 6) is 0.615. The van der Waals surface area contributed by atoms with Crippen LogP contribution in [0.4, 0.5) is 0 Å². The van der Waals surface area contributed by atoms with Crippen molar-refractivity contribution in [2.75, 3.05) is 0 Å². The zero-order valence-corrected chi connectivity index (χ0v) is 12.7. The first-order valence-corrected chi connectivity index (χ1v) is 8.01. The monoisotopic (exact) mass is 295 g/mol. The standard InChI is InChI=1S/C19H18ClN/c20-17-9-8-15-10-11-21(19(15)12-17)13-16-6-3-5-14-4-1-2-7-18(14)16/h1-2,4,7-12,16H,3,5-6,13H2. The van der Waals surface area contributed by atoms with Gasteiger partial charge in [0.2, 0.25) is 0 Å². The van der Waals surface area contributed by atoms with Gasteiger partial charge in [-0.25, -0.2) is 0 Å². The Kier molecular flexibility index (Phi) is 3.23. The molecule has 4 rings (SSSR count). The maximum Gasteiger partial charge on any atom is 0.0495 e. The highest BCUT2D eigenvalue weighted by atomic mass is 35.5. The molecule has 1 aliphatic rings. The van der Waals surface area contributed by atoms with E-state index in [0.29, 0.717) is 5.92 Å². The summed E-state index contributed by atoms with van der Waals surface area (Å²) in [7, 11) is 0. The Labute approximate surface area is 130 Å². The fourth-order valence-electron chi connectivity index (χ4n) is 3.60. The highest BCUT2D eigenvalue weighted by molar-refractivity contribution is 6.31. The largest absolute Gasteiger partial charge is 0.347 e. The molecule has 1 heterocycles. The average molecular weight is 296 g/mol. The summed E-state index contributed by atoms with van der Waals surface area (Å²) >= 11 is 6.16. The minimum Gasteiger partial charge on any atom is -0.347 e. The van der Waals surface area contributed by atoms with Gasteiger partial charge in [-0.05, 0) is 54.0 Å². The van der Waals surface area contributed by atoms with Crippen LogP contribution in [0.25, 0.3) is 10.9 Å². The Morgan fingerprint density at radius 1 is 1.10 bits per heavy atom.